The first-order valence-electron chi connectivity index (χ1n) is 6.87. The SMILES string of the molecule is C=C1N=C(N)C=CN1[C@@H]1OC(CCP(=C)(C)C)[C@@H](O)[C@H]1O. The van der Waals surface area contributed by atoms with Crippen LogP contribution in [0.3, 0.4) is 0 Å². The van der Waals surface area contributed by atoms with Crippen molar-refractivity contribution in [1.82, 2.24) is 4.90 Å². The number of amidine groups is 1. The van der Waals surface area contributed by atoms with Crippen molar-refractivity contribution in [2.45, 2.75) is 31.0 Å². The largest absolute Gasteiger partial charge is 0.388 e. The summed E-state index contributed by atoms with van der Waals surface area (Å²) in [5.41, 5.74) is 5.59. The maximum Gasteiger partial charge on any atom is 0.164 e. The third-order valence-corrected chi connectivity index (χ3v) is 5.06. The Bertz CT molecular complexity index is 526. The van der Waals surface area contributed by atoms with E-state index >= 15 is 0 Å². The molecule has 0 amide bonds. The van der Waals surface area contributed by atoms with Crippen molar-refractivity contribution < 1.29 is 14.9 Å². The standard InChI is InChI=1S/C14H24N3O3P/c1-9-16-11(15)5-7-17(9)14-13(19)12(18)10(20-14)6-8-21(2,3)4/h5,7,10,12-14,18-19H,1-2,6,8H2,3-4H3,(H2,15,16)/t10?,12-,13-,14-/m1/s1. The third kappa shape index (κ3) is 3.77. The van der Waals surface area contributed by atoms with Gasteiger partial charge in [0.25, 0.3) is 0 Å². The van der Waals surface area contributed by atoms with E-state index in [4.69, 9.17) is 10.5 Å². The number of hydrogen-bond donors (Lipinski definition) is 3. The number of ether oxygens (including phenoxy) is 1. The fourth-order valence-electron chi connectivity index (χ4n) is 2.39. The van der Waals surface area contributed by atoms with E-state index in [0.717, 1.165) is 6.16 Å². The van der Waals surface area contributed by atoms with Crippen molar-refractivity contribution in [3.63, 3.8) is 0 Å². The molecule has 0 aromatic heterocycles. The Morgan fingerprint density at radius 2 is 2.10 bits per heavy atom. The topological polar surface area (TPSA) is 91.3 Å². The highest BCUT2D eigenvalue weighted by molar-refractivity contribution is 7.72. The minimum Gasteiger partial charge on any atom is -0.388 e. The molecule has 0 saturated carbocycles. The lowest BCUT2D eigenvalue weighted by Crippen LogP contribution is -2.41. The molecule has 0 aliphatic carbocycles. The minimum atomic E-state index is -1.19. The molecule has 118 valence electrons. The summed E-state index contributed by atoms with van der Waals surface area (Å²) in [4.78, 5) is 5.63. The molecule has 1 fully saturated rings. The lowest BCUT2D eigenvalue weighted by molar-refractivity contribution is -0.0578. The number of aliphatic hydroxyl groups excluding tert-OH is 2. The van der Waals surface area contributed by atoms with E-state index in [9.17, 15) is 10.2 Å². The van der Waals surface area contributed by atoms with E-state index in [1.165, 1.54) is 0 Å². The molecule has 0 aromatic rings. The van der Waals surface area contributed by atoms with Crippen LogP contribution in [0.25, 0.3) is 0 Å². The van der Waals surface area contributed by atoms with Gasteiger partial charge in [-0.1, -0.05) is 6.58 Å². The maximum absolute atomic E-state index is 10.2. The molecular weight excluding hydrogens is 289 g/mol. The fourth-order valence-corrected chi connectivity index (χ4v) is 3.35. The number of rotatable bonds is 4. The normalized spacial score (nSPS) is 33.4. The average molecular weight is 313 g/mol. The fraction of sp³-hybridized carbons (Fsp3) is 0.571. The highest BCUT2D eigenvalue weighted by Crippen LogP contribution is 2.38. The molecule has 2 aliphatic rings. The molecule has 0 radical (unpaired) electrons. The second-order valence-corrected chi connectivity index (χ2v) is 10.5. The molecule has 2 aliphatic heterocycles. The van der Waals surface area contributed by atoms with Gasteiger partial charge < -0.3 is 25.6 Å². The van der Waals surface area contributed by atoms with Crippen LogP contribution in [0, 0.1) is 0 Å². The zero-order chi connectivity index (χ0) is 15.8. The van der Waals surface area contributed by atoms with Crippen molar-refractivity contribution in [3.8, 4) is 0 Å². The van der Waals surface area contributed by atoms with Crippen LogP contribution in [0.15, 0.2) is 29.7 Å². The molecule has 1 saturated heterocycles. The molecule has 21 heavy (non-hydrogen) atoms. The van der Waals surface area contributed by atoms with Gasteiger partial charge in [0.1, 0.15) is 23.9 Å². The van der Waals surface area contributed by atoms with Crippen molar-refractivity contribution >= 4 is 19.0 Å². The first-order valence-corrected chi connectivity index (χ1v) is 9.93. The highest BCUT2D eigenvalue weighted by atomic mass is 31.2. The number of hydrogen-bond acceptors (Lipinski definition) is 6. The van der Waals surface area contributed by atoms with Crippen LogP contribution in [0.5, 0.6) is 0 Å². The lowest BCUT2D eigenvalue weighted by Gasteiger charge is -2.30. The van der Waals surface area contributed by atoms with E-state index in [1.54, 1.807) is 17.2 Å². The number of aliphatic imine (C=N–C) groups is 1. The molecule has 2 heterocycles. The van der Waals surface area contributed by atoms with Crippen LogP contribution in [0.1, 0.15) is 6.42 Å². The van der Waals surface area contributed by atoms with Crippen molar-refractivity contribution in [3.05, 3.63) is 24.7 Å². The summed E-state index contributed by atoms with van der Waals surface area (Å²) in [5.74, 6) is 0.737. The molecule has 0 aromatic carbocycles. The van der Waals surface area contributed by atoms with Crippen LogP contribution in [0.2, 0.25) is 0 Å². The van der Waals surface area contributed by atoms with Gasteiger partial charge in [-0.2, -0.15) is 0 Å². The Labute approximate surface area is 125 Å². The van der Waals surface area contributed by atoms with Crippen LogP contribution in [0.4, 0.5) is 0 Å². The van der Waals surface area contributed by atoms with E-state index in [2.05, 4.69) is 31.2 Å². The van der Waals surface area contributed by atoms with Gasteiger partial charge in [0.2, 0.25) is 0 Å². The van der Waals surface area contributed by atoms with Crippen molar-refractivity contribution in [2.24, 2.45) is 10.7 Å². The van der Waals surface area contributed by atoms with Gasteiger partial charge >= 0.3 is 0 Å². The number of nitrogens with zero attached hydrogens (tertiary/aromatic N) is 2. The van der Waals surface area contributed by atoms with E-state index < -0.39 is 31.4 Å². The Morgan fingerprint density at radius 3 is 2.67 bits per heavy atom. The predicted octanol–water partition coefficient (Wildman–Crippen LogP) is 0.190. The molecule has 4 atom stereocenters. The van der Waals surface area contributed by atoms with Gasteiger partial charge in [-0.15, -0.1) is 13.2 Å². The summed E-state index contributed by atoms with van der Waals surface area (Å²) in [6.45, 7) is 6.87. The Morgan fingerprint density at radius 1 is 1.43 bits per heavy atom. The van der Waals surface area contributed by atoms with Crippen LogP contribution in [-0.2, 0) is 4.74 Å². The van der Waals surface area contributed by atoms with E-state index in [1.807, 2.05) is 0 Å². The van der Waals surface area contributed by atoms with Gasteiger partial charge in [0.05, 0.1) is 6.10 Å². The zero-order valence-electron chi connectivity index (χ0n) is 12.5. The van der Waals surface area contributed by atoms with Gasteiger partial charge in [-0.3, -0.25) is 0 Å². The summed E-state index contributed by atoms with van der Waals surface area (Å²) < 4.78 is 5.82. The van der Waals surface area contributed by atoms with Gasteiger partial charge in [-0.05, 0) is 32.0 Å². The number of aliphatic hydroxyl groups is 2. The first-order chi connectivity index (χ1) is 9.69. The van der Waals surface area contributed by atoms with Crippen LogP contribution in [-0.4, -0.2) is 71.3 Å². The Kier molecular flexibility index (Phi) is 4.63. The molecule has 0 bridgehead atoms. The Hall–Kier alpha value is -1.07. The van der Waals surface area contributed by atoms with Gasteiger partial charge in [-0.25, -0.2) is 4.99 Å². The summed E-state index contributed by atoms with van der Waals surface area (Å²) in [7, 11) is 0. The highest BCUT2D eigenvalue weighted by Gasteiger charge is 2.45. The smallest absolute Gasteiger partial charge is 0.164 e. The summed E-state index contributed by atoms with van der Waals surface area (Å²) in [5, 5.41) is 20.4. The molecule has 2 rings (SSSR count). The molecule has 4 N–H and O–H groups in total. The summed E-state index contributed by atoms with van der Waals surface area (Å²) >= 11 is 0. The maximum atomic E-state index is 10.2. The monoisotopic (exact) mass is 313 g/mol. The molecular formula is C14H24N3O3P. The number of nitrogens with two attached hydrogens (primary N) is 1. The minimum absolute atomic E-state index is 0.351. The van der Waals surface area contributed by atoms with Crippen LogP contribution >= 0.6 is 6.89 Å². The van der Waals surface area contributed by atoms with Crippen LogP contribution < -0.4 is 5.73 Å². The second kappa shape index (κ2) is 5.97. The van der Waals surface area contributed by atoms with Crippen molar-refractivity contribution in [1.29, 1.82) is 0 Å². The van der Waals surface area contributed by atoms with E-state index in [-0.39, 0.29) is 0 Å². The average Bonchev–Trinajstić information content (AvgIpc) is 2.64. The van der Waals surface area contributed by atoms with Gasteiger partial charge in [0, 0.05) is 6.20 Å². The molecule has 1 unspecified atom stereocenters. The van der Waals surface area contributed by atoms with E-state index in [0.29, 0.717) is 18.1 Å². The Balaban J connectivity index is 2.05. The zero-order valence-corrected chi connectivity index (χ0v) is 13.4. The summed E-state index contributed by atoms with van der Waals surface area (Å²) in [6.07, 6.45) is 5.94. The first kappa shape index (κ1) is 16.3. The lowest BCUT2D eigenvalue weighted by atomic mass is 10.1. The molecule has 6 nitrogen and oxygen atoms in total. The quantitative estimate of drug-likeness (QED) is 0.645. The van der Waals surface area contributed by atoms with Gasteiger partial charge in [0.15, 0.2) is 6.23 Å². The second-order valence-electron chi connectivity index (χ2n) is 6.17. The summed E-state index contributed by atoms with van der Waals surface area (Å²) in [6, 6.07) is 0. The molecule has 7 heteroatoms. The van der Waals surface area contributed by atoms with Crippen molar-refractivity contribution in [2.75, 3.05) is 19.5 Å². The predicted molar refractivity (Wildman–Crippen MR) is 87.8 cm³/mol. The molecule has 0 spiro atoms. The third-order valence-electron chi connectivity index (χ3n) is 3.59.